The van der Waals surface area contributed by atoms with Crippen LogP contribution in [0.4, 0.5) is 5.82 Å². The second-order valence-corrected chi connectivity index (χ2v) is 3.04. The number of rotatable bonds is 2. The Bertz CT molecular complexity index is 346. The molecule has 0 radical (unpaired) electrons. The maximum absolute atomic E-state index is 11.6. The fourth-order valence-electron chi connectivity index (χ4n) is 1.22. The second-order valence-electron chi connectivity index (χ2n) is 3.04. The standard InChI is InChI=1S/C7H11N5O3/c8-6-5(10-15-11-6)7(13)9-12-1-3-14-4-2-12/h1-4H2,(H2,8,11)(H,9,13). The first-order chi connectivity index (χ1) is 7.27. The highest BCUT2D eigenvalue weighted by molar-refractivity contribution is 5.95. The van der Waals surface area contributed by atoms with Gasteiger partial charge in [0.25, 0.3) is 5.91 Å². The van der Waals surface area contributed by atoms with E-state index >= 15 is 0 Å². The van der Waals surface area contributed by atoms with E-state index < -0.39 is 5.91 Å². The average molecular weight is 213 g/mol. The van der Waals surface area contributed by atoms with Crippen LogP contribution in [0.15, 0.2) is 4.63 Å². The van der Waals surface area contributed by atoms with Gasteiger partial charge in [-0.2, -0.15) is 0 Å². The van der Waals surface area contributed by atoms with Gasteiger partial charge in [0.15, 0.2) is 0 Å². The molecule has 1 amide bonds. The fraction of sp³-hybridized carbons (Fsp3) is 0.571. The van der Waals surface area contributed by atoms with Crippen molar-refractivity contribution >= 4 is 11.7 Å². The highest BCUT2D eigenvalue weighted by atomic mass is 16.6. The fourth-order valence-corrected chi connectivity index (χ4v) is 1.22. The van der Waals surface area contributed by atoms with E-state index in [9.17, 15) is 4.79 Å². The molecule has 0 bridgehead atoms. The van der Waals surface area contributed by atoms with Crippen LogP contribution in [0.3, 0.4) is 0 Å². The summed E-state index contributed by atoms with van der Waals surface area (Å²) in [5.41, 5.74) is 8.01. The Balaban J connectivity index is 1.94. The molecule has 15 heavy (non-hydrogen) atoms. The van der Waals surface area contributed by atoms with Gasteiger partial charge in [-0.05, 0) is 10.3 Å². The SMILES string of the molecule is Nc1nonc1C(=O)NN1CCOCC1. The van der Waals surface area contributed by atoms with Crippen molar-refractivity contribution in [1.29, 1.82) is 0 Å². The van der Waals surface area contributed by atoms with Crippen LogP contribution < -0.4 is 11.2 Å². The van der Waals surface area contributed by atoms with Crippen LogP contribution in [0, 0.1) is 0 Å². The molecule has 0 saturated carbocycles. The number of amides is 1. The summed E-state index contributed by atoms with van der Waals surface area (Å²) in [7, 11) is 0. The molecular weight excluding hydrogens is 202 g/mol. The number of nitrogens with one attached hydrogen (secondary N) is 1. The van der Waals surface area contributed by atoms with E-state index in [0.29, 0.717) is 26.3 Å². The molecule has 82 valence electrons. The molecular formula is C7H11N5O3. The molecule has 1 aliphatic heterocycles. The molecule has 0 atom stereocenters. The molecule has 0 aliphatic carbocycles. The Morgan fingerprint density at radius 1 is 1.40 bits per heavy atom. The molecule has 8 heteroatoms. The van der Waals surface area contributed by atoms with E-state index in [1.807, 2.05) is 0 Å². The Kier molecular flexibility index (Phi) is 2.79. The predicted molar refractivity (Wildman–Crippen MR) is 48.6 cm³/mol. The molecule has 1 aromatic rings. The highest BCUT2D eigenvalue weighted by Gasteiger charge is 2.19. The third-order valence-electron chi connectivity index (χ3n) is 2.00. The first-order valence-electron chi connectivity index (χ1n) is 4.49. The van der Waals surface area contributed by atoms with Gasteiger partial charge < -0.3 is 10.5 Å². The predicted octanol–water partition coefficient (Wildman–Crippen LogP) is -1.37. The van der Waals surface area contributed by atoms with Gasteiger partial charge in [-0.3, -0.25) is 10.2 Å². The van der Waals surface area contributed by atoms with Crippen LogP contribution in [0.1, 0.15) is 10.5 Å². The number of nitrogen functional groups attached to an aromatic ring is 1. The van der Waals surface area contributed by atoms with Gasteiger partial charge >= 0.3 is 0 Å². The summed E-state index contributed by atoms with van der Waals surface area (Å²) in [6.07, 6.45) is 0. The summed E-state index contributed by atoms with van der Waals surface area (Å²) in [5.74, 6) is -0.434. The number of hydrogen-bond acceptors (Lipinski definition) is 7. The lowest BCUT2D eigenvalue weighted by molar-refractivity contribution is 0.0124. The van der Waals surface area contributed by atoms with Crippen molar-refractivity contribution in [3.63, 3.8) is 0 Å². The van der Waals surface area contributed by atoms with Crippen molar-refractivity contribution < 1.29 is 14.2 Å². The average Bonchev–Trinajstić information content (AvgIpc) is 2.66. The first kappa shape index (κ1) is 9.87. The van der Waals surface area contributed by atoms with E-state index in [1.165, 1.54) is 0 Å². The largest absolute Gasteiger partial charge is 0.379 e. The summed E-state index contributed by atoms with van der Waals surface area (Å²) in [6, 6.07) is 0. The zero-order valence-corrected chi connectivity index (χ0v) is 7.97. The Morgan fingerprint density at radius 2 is 2.13 bits per heavy atom. The third-order valence-corrected chi connectivity index (χ3v) is 2.00. The van der Waals surface area contributed by atoms with Crippen LogP contribution in [0.5, 0.6) is 0 Å². The van der Waals surface area contributed by atoms with E-state index in [0.717, 1.165) is 0 Å². The molecule has 8 nitrogen and oxygen atoms in total. The lowest BCUT2D eigenvalue weighted by atomic mass is 10.4. The number of aromatic nitrogens is 2. The van der Waals surface area contributed by atoms with Gasteiger partial charge in [0, 0.05) is 13.1 Å². The maximum Gasteiger partial charge on any atom is 0.291 e. The molecule has 0 unspecified atom stereocenters. The minimum atomic E-state index is -0.421. The van der Waals surface area contributed by atoms with Gasteiger partial charge in [0.2, 0.25) is 11.5 Å². The van der Waals surface area contributed by atoms with E-state index in [2.05, 4.69) is 20.4 Å². The first-order valence-corrected chi connectivity index (χ1v) is 4.49. The molecule has 2 rings (SSSR count). The number of nitrogens with two attached hydrogens (primary N) is 1. The zero-order chi connectivity index (χ0) is 10.7. The summed E-state index contributed by atoms with van der Waals surface area (Å²) in [4.78, 5) is 11.6. The summed E-state index contributed by atoms with van der Waals surface area (Å²) >= 11 is 0. The second kappa shape index (κ2) is 4.24. The van der Waals surface area contributed by atoms with Crippen LogP contribution in [0.2, 0.25) is 0 Å². The molecule has 0 spiro atoms. The number of carbonyl (C=O) groups excluding carboxylic acids is 1. The van der Waals surface area contributed by atoms with Crippen LogP contribution >= 0.6 is 0 Å². The summed E-state index contributed by atoms with van der Waals surface area (Å²) in [6.45, 7) is 2.45. The number of carbonyl (C=O) groups is 1. The number of morpholine rings is 1. The number of hydrogen-bond donors (Lipinski definition) is 2. The summed E-state index contributed by atoms with van der Waals surface area (Å²) < 4.78 is 9.46. The Labute approximate surface area is 85.3 Å². The molecule has 1 fully saturated rings. The van der Waals surface area contributed by atoms with E-state index in [1.54, 1.807) is 5.01 Å². The molecule has 3 N–H and O–H groups in total. The van der Waals surface area contributed by atoms with Gasteiger partial charge in [0.1, 0.15) is 0 Å². The van der Waals surface area contributed by atoms with Gasteiger partial charge in [-0.1, -0.05) is 0 Å². The van der Waals surface area contributed by atoms with Gasteiger partial charge in [0.05, 0.1) is 13.2 Å². The molecule has 2 heterocycles. The minimum absolute atomic E-state index is 0.00138. The van der Waals surface area contributed by atoms with Crippen LogP contribution in [0.25, 0.3) is 0 Å². The van der Waals surface area contributed by atoms with Gasteiger partial charge in [-0.25, -0.2) is 9.64 Å². The number of nitrogens with zero attached hydrogens (tertiary/aromatic N) is 3. The van der Waals surface area contributed by atoms with Gasteiger partial charge in [-0.15, -0.1) is 0 Å². The number of ether oxygens (including phenoxy) is 1. The lowest BCUT2D eigenvalue weighted by Gasteiger charge is -2.26. The minimum Gasteiger partial charge on any atom is -0.379 e. The molecule has 1 aliphatic rings. The molecule has 1 saturated heterocycles. The van der Waals surface area contributed by atoms with Crippen molar-refractivity contribution in [2.45, 2.75) is 0 Å². The molecule has 0 aromatic carbocycles. The van der Waals surface area contributed by atoms with Crippen molar-refractivity contribution in [1.82, 2.24) is 20.7 Å². The molecule has 1 aromatic heterocycles. The number of hydrazine groups is 1. The van der Waals surface area contributed by atoms with Crippen molar-refractivity contribution in [2.75, 3.05) is 32.0 Å². The summed E-state index contributed by atoms with van der Waals surface area (Å²) in [5, 5.41) is 8.45. The van der Waals surface area contributed by atoms with Crippen LogP contribution in [-0.4, -0.2) is 47.5 Å². The third kappa shape index (κ3) is 2.22. The Morgan fingerprint density at radius 3 is 2.73 bits per heavy atom. The monoisotopic (exact) mass is 213 g/mol. The van der Waals surface area contributed by atoms with Crippen LogP contribution in [-0.2, 0) is 4.74 Å². The van der Waals surface area contributed by atoms with Crippen molar-refractivity contribution in [2.24, 2.45) is 0 Å². The topological polar surface area (TPSA) is 107 Å². The lowest BCUT2D eigenvalue weighted by Crippen LogP contribution is -2.48. The maximum atomic E-state index is 11.6. The van der Waals surface area contributed by atoms with Crippen molar-refractivity contribution in [3.05, 3.63) is 5.69 Å². The number of anilines is 1. The smallest absolute Gasteiger partial charge is 0.291 e. The quantitative estimate of drug-likeness (QED) is 0.624. The highest BCUT2D eigenvalue weighted by Crippen LogP contribution is 2.04. The van der Waals surface area contributed by atoms with Crippen molar-refractivity contribution in [3.8, 4) is 0 Å². The normalized spacial score (nSPS) is 17.6. The zero-order valence-electron chi connectivity index (χ0n) is 7.97. The van der Waals surface area contributed by atoms with E-state index in [4.69, 9.17) is 10.5 Å². The van der Waals surface area contributed by atoms with E-state index in [-0.39, 0.29) is 11.5 Å². The Hall–Kier alpha value is -1.67.